The van der Waals surface area contributed by atoms with Gasteiger partial charge in [-0.3, -0.25) is 4.79 Å². The Balaban J connectivity index is 2.65. The Morgan fingerprint density at radius 3 is 2.35 bits per heavy atom. The molecule has 128 valence electrons. The number of halogens is 1. The average molecular weight is 341 g/mol. The molecular weight excluding hydrogens is 316 g/mol. The summed E-state index contributed by atoms with van der Waals surface area (Å²) in [6, 6.07) is 6.62. The fourth-order valence-electron chi connectivity index (χ4n) is 1.90. The highest BCUT2D eigenvalue weighted by molar-refractivity contribution is 6.31. The molecule has 6 heteroatoms. The van der Waals surface area contributed by atoms with Crippen LogP contribution in [0.3, 0.4) is 0 Å². The number of rotatable bonds is 5. The van der Waals surface area contributed by atoms with Gasteiger partial charge in [-0.2, -0.15) is 0 Å². The zero-order valence-corrected chi connectivity index (χ0v) is 15.0. The maximum Gasteiger partial charge on any atom is 0.408 e. The molecule has 0 spiro atoms. The first kappa shape index (κ1) is 19.3. The van der Waals surface area contributed by atoms with Crippen molar-refractivity contribution in [2.24, 2.45) is 5.92 Å². The molecule has 1 unspecified atom stereocenters. The van der Waals surface area contributed by atoms with E-state index >= 15 is 0 Å². The fraction of sp³-hybridized carbons (Fsp3) is 0.529. The van der Waals surface area contributed by atoms with Crippen molar-refractivity contribution in [3.63, 3.8) is 0 Å². The standard InChI is InChI=1S/C17H25ClN2O3/c1-11(2)14(20-16(22)23-17(3,4)5)15(21)19-10-12-8-6-7-9-13(12)18/h6-9,11,14H,10H2,1-5H3,(H,19,21)(H,20,22). The van der Waals surface area contributed by atoms with Crippen molar-refractivity contribution in [3.05, 3.63) is 34.9 Å². The lowest BCUT2D eigenvalue weighted by Crippen LogP contribution is -2.50. The quantitative estimate of drug-likeness (QED) is 0.862. The van der Waals surface area contributed by atoms with E-state index < -0.39 is 17.7 Å². The van der Waals surface area contributed by atoms with E-state index in [0.717, 1.165) is 5.56 Å². The average Bonchev–Trinajstić information content (AvgIpc) is 2.41. The van der Waals surface area contributed by atoms with Gasteiger partial charge in [0, 0.05) is 11.6 Å². The van der Waals surface area contributed by atoms with Gasteiger partial charge >= 0.3 is 6.09 Å². The highest BCUT2D eigenvalue weighted by Crippen LogP contribution is 2.15. The number of hydrogen-bond donors (Lipinski definition) is 2. The SMILES string of the molecule is CC(C)C(NC(=O)OC(C)(C)C)C(=O)NCc1ccccc1Cl. The van der Waals surface area contributed by atoms with Crippen LogP contribution in [-0.4, -0.2) is 23.6 Å². The molecule has 0 aromatic heterocycles. The summed E-state index contributed by atoms with van der Waals surface area (Å²) in [6.45, 7) is 9.34. The monoisotopic (exact) mass is 340 g/mol. The number of hydrogen-bond acceptors (Lipinski definition) is 3. The Bertz CT molecular complexity index is 553. The summed E-state index contributed by atoms with van der Waals surface area (Å²) in [6.07, 6.45) is -0.607. The molecule has 0 fully saturated rings. The van der Waals surface area contributed by atoms with E-state index in [2.05, 4.69) is 10.6 Å². The second-order valence-corrected chi connectivity index (χ2v) is 7.08. The smallest absolute Gasteiger partial charge is 0.408 e. The molecule has 0 heterocycles. The molecule has 0 aliphatic heterocycles. The Labute approximate surface area is 142 Å². The van der Waals surface area contributed by atoms with Crippen molar-refractivity contribution in [1.82, 2.24) is 10.6 Å². The van der Waals surface area contributed by atoms with Gasteiger partial charge < -0.3 is 15.4 Å². The molecule has 0 radical (unpaired) electrons. The van der Waals surface area contributed by atoms with Crippen LogP contribution in [0.15, 0.2) is 24.3 Å². The number of carbonyl (C=O) groups excluding carboxylic acids is 2. The highest BCUT2D eigenvalue weighted by atomic mass is 35.5. The van der Waals surface area contributed by atoms with Crippen LogP contribution in [0.25, 0.3) is 0 Å². The van der Waals surface area contributed by atoms with Crippen molar-refractivity contribution in [1.29, 1.82) is 0 Å². The van der Waals surface area contributed by atoms with Crippen LogP contribution in [0.1, 0.15) is 40.2 Å². The van der Waals surface area contributed by atoms with Gasteiger partial charge in [-0.15, -0.1) is 0 Å². The molecule has 1 aromatic rings. The predicted octanol–water partition coefficient (Wildman–Crippen LogP) is 3.51. The van der Waals surface area contributed by atoms with E-state index in [0.29, 0.717) is 11.6 Å². The van der Waals surface area contributed by atoms with Crippen LogP contribution in [0.4, 0.5) is 4.79 Å². The van der Waals surface area contributed by atoms with Crippen LogP contribution in [-0.2, 0) is 16.1 Å². The minimum absolute atomic E-state index is 0.0752. The van der Waals surface area contributed by atoms with E-state index in [1.807, 2.05) is 32.0 Å². The van der Waals surface area contributed by atoms with E-state index in [1.54, 1.807) is 26.8 Å². The molecule has 0 aliphatic carbocycles. The van der Waals surface area contributed by atoms with Crippen molar-refractivity contribution in [2.75, 3.05) is 0 Å². The van der Waals surface area contributed by atoms with Gasteiger partial charge in [0.05, 0.1) is 0 Å². The molecule has 0 bridgehead atoms. The summed E-state index contributed by atoms with van der Waals surface area (Å²) in [7, 11) is 0. The summed E-state index contributed by atoms with van der Waals surface area (Å²) in [4.78, 5) is 24.2. The summed E-state index contributed by atoms with van der Waals surface area (Å²) >= 11 is 6.07. The van der Waals surface area contributed by atoms with Gasteiger partial charge in [0.2, 0.25) is 5.91 Å². The Hall–Kier alpha value is -1.75. The van der Waals surface area contributed by atoms with Gasteiger partial charge in [0.1, 0.15) is 11.6 Å². The summed E-state index contributed by atoms with van der Waals surface area (Å²) in [5, 5.41) is 6.00. The van der Waals surface area contributed by atoms with Gasteiger partial charge in [-0.1, -0.05) is 43.6 Å². The third kappa shape index (κ3) is 6.91. The van der Waals surface area contributed by atoms with Crippen LogP contribution in [0, 0.1) is 5.92 Å². The lowest BCUT2D eigenvalue weighted by Gasteiger charge is -2.25. The van der Waals surface area contributed by atoms with Crippen LogP contribution in [0.5, 0.6) is 0 Å². The summed E-state index contributed by atoms with van der Waals surface area (Å²) < 4.78 is 5.20. The molecule has 0 saturated carbocycles. The largest absolute Gasteiger partial charge is 0.444 e. The van der Waals surface area contributed by atoms with Crippen molar-refractivity contribution < 1.29 is 14.3 Å². The third-order valence-electron chi connectivity index (χ3n) is 3.03. The number of alkyl carbamates (subject to hydrolysis) is 1. The second-order valence-electron chi connectivity index (χ2n) is 6.68. The molecule has 5 nitrogen and oxygen atoms in total. The topological polar surface area (TPSA) is 67.4 Å². The minimum Gasteiger partial charge on any atom is -0.444 e. The maximum atomic E-state index is 12.3. The van der Waals surface area contributed by atoms with Gasteiger partial charge in [0.25, 0.3) is 0 Å². The third-order valence-corrected chi connectivity index (χ3v) is 3.40. The molecule has 1 rings (SSSR count). The van der Waals surface area contributed by atoms with Crippen molar-refractivity contribution in [2.45, 2.75) is 52.8 Å². The Kier molecular flexibility index (Phi) is 6.88. The molecule has 0 aliphatic rings. The number of ether oxygens (including phenoxy) is 1. The van der Waals surface area contributed by atoms with Crippen molar-refractivity contribution >= 4 is 23.6 Å². The maximum absolute atomic E-state index is 12.3. The number of nitrogens with one attached hydrogen (secondary N) is 2. The predicted molar refractivity (Wildman–Crippen MR) is 91.3 cm³/mol. The summed E-state index contributed by atoms with van der Waals surface area (Å²) in [5.74, 6) is -0.348. The zero-order valence-electron chi connectivity index (χ0n) is 14.3. The molecule has 1 aromatic carbocycles. The van der Waals surface area contributed by atoms with Crippen molar-refractivity contribution in [3.8, 4) is 0 Å². The van der Waals surface area contributed by atoms with Crippen LogP contribution < -0.4 is 10.6 Å². The van der Waals surface area contributed by atoms with Crippen LogP contribution >= 0.6 is 11.6 Å². The molecule has 1 atom stereocenters. The van der Waals surface area contributed by atoms with Gasteiger partial charge in [-0.25, -0.2) is 4.79 Å². The van der Waals surface area contributed by atoms with E-state index in [1.165, 1.54) is 0 Å². The highest BCUT2D eigenvalue weighted by Gasteiger charge is 2.26. The molecular formula is C17H25ClN2O3. The molecule has 23 heavy (non-hydrogen) atoms. The molecule has 0 saturated heterocycles. The molecule has 2 amide bonds. The first-order valence-electron chi connectivity index (χ1n) is 7.61. The zero-order chi connectivity index (χ0) is 17.6. The number of carbonyl (C=O) groups is 2. The van der Waals surface area contributed by atoms with E-state index in [-0.39, 0.29) is 11.8 Å². The number of benzene rings is 1. The Morgan fingerprint density at radius 2 is 1.83 bits per heavy atom. The Morgan fingerprint density at radius 1 is 1.22 bits per heavy atom. The summed E-state index contributed by atoms with van der Waals surface area (Å²) in [5.41, 5.74) is 0.210. The van der Waals surface area contributed by atoms with Crippen LogP contribution in [0.2, 0.25) is 5.02 Å². The van der Waals surface area contributed by atoms with E-state index in [4.69, 9.17) is 16.3 Å². The fourth-order valence-corrected chi connectivity index (χ4v) is 2.11. The lowest BCUT2D eigenvalue weighted by atomic mass is 10.0. The van der Waals surface area contributed by atoms with Gasteiger partial charge in [0.15, 0.2) is 0 Å². The second kappa shape index (κ2) is 8.20. The minimum atomic E-state index is -0.674. The molecule has 2 N–H and O–H groups in total. The first-order chi connectivity index (χ1) is 10.6. The lowest BCUT2D eigenvalue weighted by molar-refractivity contribution is -0.124. The normalized spacial score (nSPS) is 12.7. The van der Waals surface area contributed by atoms with Gasteiger partial charge in [-0.05, 0) is 38.3 Å². The number of amides is 2. The first-order valence-corrected chi connectivity index (χ1v) is 7.98. The van der Waals surface area contributed by atoms with E-state index in [9.17, 15) is 9.59 Å².